The van der Waals surface area contributed by atoms with Crippen LogP contribution in [0, 0.1) is 0 Å². The SMILES string of the molecule is C/C=C(\CCNCC(O)COc1ccc2ccccc2c1)c1ccc(OCC(=O)O)cc1. The van der Waals surface area contributed by atoms with E-state index in [1.165, 1.54) is 0 Å². The maximum absolute atomic E-state index is 10.6. The molecule has 1 atom stereocenters. The van der Waals surface area contributed by atoms with Crippen LogP contribution in [0.4, 0.5) is 0 Å². The van der Waals surface area contributed by atoms with Crippen molar-refractivity contribution in [2.45, 2.75) is 19.4 Å². The number of allylic oxidation sites excluding steroid dienone is 1. The summed E-state index contributed by atoms with van der Waals surface area (Å²) >= 11 is 0. The fourth-order valence-corrected chi connectivity index (χ4v) is 3.37. The molecule has 0 aliphatic carbocycles. The highest BCUT2D eigenvalue weighted by Crippen LogP contribution is 2.22. The van der Waals surface area contributed by atoms with Gasteiger partial charge in [0, 0.05) is 6.54 Å². The molecule has 0 radical (unpaired) electrons. The average Bonchev–Trinajstić information content (AvgIpc) is 2.82. The van der Waals surface area contributed by atoms with E-state index in [0.717, 1.165) is 34.1 Å². The Labute approximate surface area is 188 Å². The molecule has 0 saturated heterocycles. The number of hydrogen-bond acceptors (Lipinski definition) is 5. The van der Waals surface area contributed by atoms with Crippen molar-refractivity contribution < 1.29 is 24.5 Å². The summed E-state index contributed by atoms with van der Waals surface area (Å²) in [5.41, 5.74) is 2.21. The summed E-state index contributed by atoms with van der Waals surface area (Å²) in [4.78, 5) is 10.6. The lowest BCUT2D eigenvalue weighted by atomic mass is 10.0. The zero-order chi connectivity index (χ0) is 22.8. The minimum Gasteiger partial charge on any atom is -0.491 e. The highest BCUT2D eigenvalue weighted by atomic mass is 16.5. The minimum atomic E-state index is -1.00. The summed E-state index contributed by atoms with van der Waals surface area (Å²) in [6, 6.07) is 21.4. The van der Waals surface area contributed by atoms with Gasteiger partial charge in [0.2, 0.25) is 0 Å². The molecule has 0 saturated carbocycles. The molecular formula is C26H29NO5. The summed E-state index contributed by atoms with van der Waals surface area (Å²) in [6.07, 6.45) is 2.24. The van der Waals surface area contributed by atoms with Gasteiger partial charge in [-0.15, -0.1) is 0 Å². The first-order chi connectivity index (χ1) is 15.5. The number of rotatable bonds is 12. The highest BCUT2D eigenvalue weighted by Gasteiger charge is 2.07. The molecule has 0 aromatic heterocycles. The zero-order valence-electron chi connectivity index (χ0n) is 18.2. The molecule has 0 heterocycles. The Bertz CT molecular complexity index is 1050. The number of fused-ring (bicyclic) bond motifs is 1. The first kappa shape index (κ1) is 23.3. The minimum absolute atomic E-state index is 0.222. The first-order valence-corrected chi connectivity index (χ1v) is 10.7. The topological polar surface area (TPSA) is 88.0 Å². The van der Waals surface area contributed by atoms with Crippen LogP contribution in [-0.2, 0) is 4.79 Å². The quantitative estimate of drug-likeness (QED) is 0.371. The second-order valence-corrected chi connectivity index (χ2v) is 7.45. The van der Waals surface area contributed by atoms with E-state index in [9.17, 15) is 9.90 Å². The predicted octanol–water partition coefficient (Wildman–Crippen LogP) is 4.13. The molecule has 0 aliphatic heterocycles. The summed E-state index contributed by atoms with van der Waals surface area (Å²) < 4.78 is 10.9. The van der Waals surface area contributed by atoms with Crippen LogP contribution in [-0.4, -0.2) is 48.6 Å². The summed E-state index contributed by atoms with van der Waals surface area (Å²) in [5, 5.41) is 24.4. The average molecular weight is 436 g/mol. The second kappa shape index (κ2) is 11.9. The van der Waals surface area contributed by atoms with Crippen molar-refractivity contribution in [2.24, 2.45) is 0 Å². The number of carbonyl (C=O) groups is 1. The molecule has 0 fully saturated rings. The molecule has 0 spiro atoms. The smallest absolute Gasteiger partial charge is 0.341 e. The third-order valence-corrected chi connectivity index (χ3v) is 5.05. The molecule has 1 unspecified atom stereocenters. The third-order valence-electron chi connectivity index (χ3n) is 5.05. The van der Waals surface area contributed by atoms with Gasteiger partial charge in [-0.2, -0.15) is 0 Å². The number of aliphatic carboxylic acids is 1. The Kier molecular flexibility index (Phi) is 8.66. The Morgan fingerprint density at radius 3 is 2.44 bits per heavy atom. The molecule has 6 heteroatoms. The van der Waals surface area contributed by atoms with Crippen molar-refractivity contribution in [3.05, 3.63) is 78.4 Å². The van der Waals surface area contributed by atoms with Crippen LogP contribution in [0.5, 0.6) is 11.5 Å². The van der Waals surface area contributed by atoms with Crippen molar-refractivity contribution >= 4 is 22.3 Å². The molecule has 0 amide bonds. The normalized spacial score (nSPS) is 12.5. The lowest BCUT2D eigenvalue weighted by molar-refractivity contribution is -0.139. The molecule has 3 aromatic rings. The summed E-state index contributed by atoms with van der Waals surface area (Å²) in [6.45, 7) is 3.00. The molecule has 6 nitrogen and oxygen atoms in total. The van der Waals surface area contributed by atoms with Gasteiger partial charge in [0.1, 0.15) is 24.2 Å². The fraction of sp³-hybridized carbons (Fsp3) is 0.269. The van der Waals surface area contributed by atoms with Gasteiger partial charge in [-0.1, -0.05) is 48.5 Å². The number of benzene rings is 3. The predicted molar refractivity (Wildman–Crippen MR) is 126 cm³/mol. The van der Waals surface area contributed by atoms with E-state index in [0.29, 0.717) is 18.8 Å². The summed E-state index contributed by atoms with van der Waals surface area (Å²) in [7, 11) is 0. The van der Waals surface area contributed by atoms with Gasteiger partial charge < -0.3 is 25.0 Å². The summed E-state index contributed by atoms with van der Waals surface area (Å²) in [5.74, 6) is 0.271. The lowest BCUT2D eigenvalue weighted by Crippen LogP contribution is -2.32. The number of ether oxygens (including phenoxy) is 2. The van der Waals surface area contributed by atoms with Crippen molar-refractivity contribution in [3.63, 3.8) is 0 Å². The molecule has 32 heavy (non-hydrogen) atoms. The zero-order valence-corrected chi connectivity index (χ0v) is 18.2. The molecule has 3 N–H and O–H groups in total. The molecule has 3 rings (SSSR count). The van der Waals surface area contributed by atoms with Crippen LogP contribution in [0.25, 0.3) is 16.3 Å². The Hall–Kier alpha value is -3.35. The van der Waals surface area contributed by atoms with Crippen molar-refractivity contribution in [1.29, 1.82) is 0 Å². The van der Waals surface area contributed by atoms with Crippen LogP contribution in [0.1, 0.15) is 18.9 Å². The van der Waals surface area contributed by atoms with Crippen LogP contribution >= 0.6 is 0 Å². The number of hydrogen-bond donors (Lipinski definition) is 3. The van der Waals surface area contributed by atoms with Crippen LogP contribution in [0.15, 0.2) is 72.8 Å². The van der Waals surface area contributed by atoms with E-state index < -0.39 is 12.1 Å². The molecule has 168 valence electrons. The van der Waals surface area contributed by atoms with Gasteiger partial charge >= 0.3 is 5.97 Å². The Balaban J connectivity index is 1.38. The van der Waals surface area contributed by atoms with Gasteiger partial charge in [-0.05, 0) is 66.1 Å². The molecule has 0 bridgehead atoms. The van der Waals surface area contributed by atoms with Crippen LogP contribution in [0.2, 0.25) is 0 Å². The van der Waals surface area contributed by atoms with E-state index in [1.807, 2.05) is 61.5 Å². The van der Waals surface area contributed by atoms with E-state index >= 15 is 0 Å². The molecular weight excluding hydrogens is 406 g/mol. The van der Waals surface area contributed by atoms with Crippen molar-refractivity contribution in [2.75, 3.05) is 26.3 Å². The number of carboxylic acids is 1. The first-order valence-electron chi connectivity index (χ1n) is 10.7. The molecule has 0 aliphatic rings. The fourth-order valence-electron chi connectivity index (χ4n) is 3.37. The van der Waals surface area contributed by atoms with Gasteiger partial charge in [0.15, 0.2) is 6.61 Å². The van der Waals surface area contributed by atoms with Crippen molar-refractivity contribution in [1.82, 2.24) is 5.32 Å². The van der Waals surface area contributed by atoms with E-state index in [-0.39, 0.29) is 13.2 Å². The van der Waals surface area contributed by atoms with E-state index in [4.69, 9.17) is 14.6 Å². The Morgan fingerprint density at radius 2 is 1.72 bits per heavy atom. The standard InChI is InChI=1S/C26H29NO5/c1-2-19(21-7-10-24(11-8-21)32-18-26(29)30)13-14-27-16-23(28)17-31-25-12-9-20-5-3-4-6-22(20)15-25/h2-12,15,23,27-28H,13-14,16-18H2,1H3,(H,29,30)/b19-2+. The number of nitrogens with one attached hydrogen (secondary N) is 1. The van der Waals surface area contributed by atoms with E-state index in [1.54, 1.807) is 12.1 Å². The largest absolute Gasteiger partial charge is 0.491 e. The number of aliphatic hydroxyl groups excluding tert-OH is 1. The van der Waals surface area contributed by atoms with Crippen molar-refractivity contribution in [3.8, 4) is 11.5 Å². The maximum Gasteiger partial charge on any atom is 0.341 e. The molecule has 3 aromatic carbocycles. The van der Waals surface area contributed by atoms with Gasteiger partial charge in [0.25, 0.3) is 0 Å². The van der Waals surface area contributed by atoms with Gasteiger partial charge in [-0.3, -0.25) is 0 Å². The number of carboxylic acid groups (broad SMARTS) is 1. The second-order valence-electron chi connectivity index (χ2n) is 7.45. The third kappa shape index (κ3) is 7.11. The lowest BCUT2D eigenvalue weighted by Gasteiger charge is -2.14. The number of aliphatic hydroxyl groups is 1. The highest BCUT2D eigenvalue weighted by molar-refractivity contribution is 5.83. The van der Waals surface area contributed by atoms with Crippen LogP contribution in [0.3, 0.4) is 0 Å². The van der Waals surface area contributed by atoms with E-state index in [2.05, 4.69) is 11.4 Å². The van der Waals surface area contributed by atoms with Gasteiger partial charge in [0.05, 0.1) is 0 Å². The van der Waals surface area contributed by atoms with Crippen LogP contribution < -0.4 is 14.8 Å². The monoisotopic (exact) mass is 435 g/mol. The maximum atomic E-state index is 10.6. The Morgan fingerprint density at radius 1 is 1.00 bits per heavy atom. The van der Waals surface area contributed by atoms with Gasteiger partial charge in [-0.25, -0.2) is 4.79 Å².